The Hall–Kier alpha value is -5.41. The van der Waals surface area contributed by atoms with Crippen molar-refractivity contribution >= 4 is 60.8 Å². The maximum Gasteiger partial charge on any atom is 0.307 e. The van der Waals surface area contributed by atoms with Gasteiger partial charge in [-0.15, -0.1) is 0 Å². The van der Waals surface area contributed by atoms with Crippen LogP contribution < -0.4 is 4.90 Å². The molecule has 0 fully saturated rings. The highest BCUT2D eigenvalue weighted by molar-refractivity contribution is 6.15. The van der Waals surface area contributed by atoms with Crippen molar-refractivity contribution in [3.63, 3.8) is 0 Å². The van der Waals surface area contributed by atoms with Gasteiger partial charge in [0.1, 0.15) is 5.52 Å². The average Bonchev–Trinajstić information content (AvgIpc) is 3.46. The molecular formula is C37H24N2O. The molecular weight excluding hydrogens is 488 g/mol. The Morgan fingerprint density at radius 2 is 1.10 bits per heavy atom. The first-order valence-corrected chi connectivity index (χ1v) is 13.5. The quantitative estimate of drug-likeness (QED) is 0.220. The Morgan fingerprint density at radius 3 is 1.93 bits per heavy atom. The minimum atomic E-state index is 0.541. The second kappa shape index (κ2) is 9.11. The number of nitrogens with zero attached hydrogens (tertiary/aromatic N) is 2. The van der Waals surface area contributed by atoms with Crippen LogP contribution in [0.1, 0.15) is 0 Å². The molecule has 0 N–H and O–H groups in total. The molecule has 188 valence electrons. The molecule has 3 nitrogen and oxygen atoms in total. The highest BCUT2D eigenvalue weighted by atomic mass is 16.4. The first-order chi connectivity index (χ1) is 19.8. The number of fused-ring (bicyclic) bond motifs is 6. The fourth-order valence-electron chi connectivity index (χ4n) is 5.78. The minimum Gasteiger partial charge on any atom is -0.423 e. The monoisotopic (exact) mass is 512 g/mol. The Bertz CT molecular complexity index is 2160. The predicted octanol–water partition coefficient (Wildman–Crippen LogP) is 10.4. The molecule has 8 rings (SSSR count). The number of hydrogen-bond donors (Lipinski definition) is 0. The zero-order valence-corrected chi connectivity index (χ0v) is 21.7. The van der Waals surface area contributed by atoms with Crippen LogP contribution >= 0.6 is 0 Å². The number of benzene rings is 7. The third kappa shape index (κ3) is 3.63. The highest BCUT2D eigenvalue weighted by Crippen LogP contribution is 2.39. The van der Waals surface area contributed by atoms with Gasteiger partial charge in [0.05, 0.1) is 11.4 Å². The van der Waals surface area contributed by atoms with Gasteiger partial charge < -0.3 is 4.42 Å². The van der Waals surface area contributed by atoms with E-state index in [9.17, 15) is 0 Å². The predicted molar refractivity (Wildman–Crippen MR) is 167 cm³/mol. The molecule has 7 aromatic carbocycles. The van der Waals surface area contributed by atoms with Crippen LogP contribution in [-0.2, 0) is 0 Å². The van der Waals surface area contributed by atoms with Crippen molar-refractivity contribution < 1.29 is 4.42 Å². The number of anilines is 3. The van der Waals surface area contributed by atoms with E-state index in [1.807, 2.05) is 24.3 Å². The third-order valence-electron chi connectivity index (χ3n) is 7.70. The van der Waals surface area contributed by atoms with Gasteiger partial charge in [-0.3, -0.25) is 4.90 Å². The summed E-state index contributed by atoms with van der Waals surface area (Å²) in [5, 5.41) is 7.19. The van der Waals surface area contributed by atoms with Crippen LogP contribution in [0.3, 0.4) is 0 Å². The van der Waals surface area contributed by atoms with Crippen LogP contribution in [0.2, 0.25) is 0 Å². The Morgan fingerprint density at radius 1 is 0.450 bits per heavy atom. The van der Waals surface area contributed by atoms with Crippen molar-refractivity contribution in [2.24, 2.45) is 0 Å². The molecule has 0 saturated carbocycles. The van der Waals surface area contributed by atoms with Crippen molar-refractivity contribution in [1.82, 2.24) is 4.98 Å². The second-order valence-corrected chi connectivity index (χ2v) is 10.0. The number of oxazole rings is 1. The molecule has 8 aromatic rings. The van der Waals surface area contributed by atoms with Gasteiger partial charge in [0.15, 0.2) is 5.58 Å². The smallest absolute Gasteiger partial charge is 0.307 e. The van der Waals surface area contributed by atoms with Gasteiger partial charge in [-0.1, -0.05) is 109 Å². The van der Waals surface area contributed by atoms with E-state index < -0.39 is 0 Å². The molecule has 0 amide bonds. The Balaban J connectivity index is 1.27. The molecule has 0 aliphatic rings. The van der Waals surface area contributed by atoms with Gasteiger partial charge in [-0.2, -0.15) is 4.98 Å². The van der Waals surface area contributed by atoms with Crippen molar-refractivity contribution in [3.05, 3.63) is 146 Å². The van der Waals surface area contributed by atoms with Crippen LogP contribution in [0.25, 0.3) is 54.5 Å². The summed E-state index contributed by atoms with van der Waals surface area (Å²) < 4.78 is 6.45. The second-order valence-electron chi connectivity index (χ2n) is 10.0. The fourth-order valence-corrected chi connectivity index (χ4v) is 5.78. The summed E-state index contributed by atoms with van der Waals surface area (Å²) in [4.78, 5) is 7.16. The Kier molecular flexibility index (Phi) is 5.14. The molecule has 0 spiro atoms. The molecule has 0 radical (unpaired) electrons. The summed E-state index contributed by atoms with van der Waals surface area (Å²) in [6.07, 6.45) is 0. The van der Waals surface area contributed by atoms with Gasteiger partial charge in [0.2, 0.25) is 0 Å². The van der Waals surface area contributed by atoms with Crippen molar-refractivity contribution in [2.45, 2.75) is 0 Å². The molecule has 0 saturated heterocycles. The standard InChI is InChI=1S/C37H24N2O/c1-2-12-28(13-3-1)39(29-20-17-27(18-21-29)31-16-8-11-25-9-4-6-14-30(25)31)37-38-36-34-22-19-26-10-5-7-15-32(26)33(34)23-24-35(36)40-37/h1-24H. The van der Waals surface area contributed by atoms with E-state index in [0.717, 1.165) is 27.9 Å². The summed E-state index contributed by atoms with van der Waals surface area (Å²) in [6, 6.07) is 51.4. The van der Waals surface area contributed by atoms with Crippen molar-refractivity contribution in [3.8, 4) is 11.1 Å². The van der Waals surface area contributed by atoms with E-state index >= 15 is 0 Å². The first-order valence-electron chi connectivity index (χ1n) is 13.5. The summed E-state index contributed by atoms with van der Waals surface area (Å²) >= 11 is 0. The number of hydrogen-bond acceptors (Lipinski definition) is 3. The van der Waals surface area contributed by atoms with Crippen molar-refractivity contribution in [2.75, 3.05) is 4.90 Å². The van der Waals surface area contributed by atoms with Crippen LogP contribution in [0.5, 0.6) is 0 Å². The van der Waals surface area contributed by atoms with Gasteiger partial charge in [-0.05, 0) is 74.5 Å². The lowest BCUT2D eigenvalue weighted by Gasteiger charge is -2.21. The van der Waals surface area contributed by atoms with Crippen LogP contribution in [0.4, 0.5) is 17.4 Å². The highest BCUT2D eigenvalue weighted by Gasteiger charge is 2.20. The van der Waals surface area contributed by atoms with Gasteiger partial charge in [0.25, 0.3) is 0 Å². The molecule has 0 aliphatic carbocycles. The van der Waals surface area contributed by atoms with Gasteiger partial charge in [0, 0.05) is 5.39 Å². The molecule has 0 atom stereocenters. The number of para-hydroxylation sites is 1. The van der Waals surface area contributed by atoms with Gasteiger partial charge >= 0.3 is 6.01 Å². The molecule has 0 bridgehead atoms. The maximum absolute atomic E-state index is 6.45. The molecule has 3 heteroatoms. The van der Waals surface area contributed by atoms with E-state index in [-0.39, 0.29) is 0 Å². The number of rotatable bonds is 4. The largest absolute Gasteiger partial charge is 0.423 e. The summed E-state index contributed by atoms with van der Waals surface area (Å²) in [5.74, 6) is 0. The Labute approximate surface area is 231 Å². The zero-order valence-electron chi connectivity index (χ0n) is 21.7. The van der Waals surface area contributed by atoms with E-state index in [1.165, 1.54) is 38.1 Å². The first kappa shape index (κ1) is 22.6. The molecule has 0 aliphatic heterocycles. The van der Waals surface area contributed by atoms with E-state index in [2.05, 4.69) is 126 Å². The molecule has 1 aromatic heterocycles. The lowest BCUT2D eigenvalue weighted by Crippen LogP contribution is -2.10. The average molecular weight is 513 g/mol. The van der Waals surface area contributed by atoms with Crippen LogP contribution in [0.15, 0.2) is 150 Å². The topological polar surface area (TPSA) is 29.3 Å². The van der Waals surface area contributed by atoms with E-state index in [1.54, 1.807) is 0 Å². The summed E-state index contributed by atoms with van der Waals surface area (Å²) in [7, 11) is 0. The SMILES string of the molecule is c1ccc(N(c2ccc(-c3cccc4ccccc34)cc2)c2nc3c(ccc4c5ccccc5ccc43)o2)cc1. The molecule has 1 heterocycles. The van der Waals surface area contributed by atoms with E-state index in [4.69, 9.17) is 9.40 Å². The minimum absolute atomic E-state index is 0.541. The van der Waals surface area contributed by atoms with Crippen molar-refractivity contribution in [1.29, 1.82) is 0 Å². The zero-order chi connectivity index (χ0) is 26.5. The van der Waals surface area contributed by atoms with Gasteiger partial charge in [-0.25, -0.2) is 0 Å². The van der Waals surface area contributed by atoms with E-state index in [0.29, 0.717) is 6.01 Å². The number of aromatic nitrogens is 1. The molecule has 40 heavy (non-hydrogen) atoms. The lowest BCUT2D eigenvalue weighted by molar-refractivity contribution is 0.608. The third-order valence-corrected chi connectivity index (χ3v) is 7.70. The normalized spacial score (nSPS) is 11.5. The maximum atomic E-state index is 6.45. The summed E-state index contributed by atoms with van der Waals surface area (Å²) in [5.41, 5.74) is 6.00. The van der Waals surface area contributed by atoms with Crippen LogP contribution in [0, 0.1) is 0 Å². The fraction of sp³-hybridized carbons (Fsp3) is 0. The molecule has 0 unspecified atom stereocenters. The lowest BCUT2D eigenvalue weighted by atomic mass is 9.98. The summed E-state index contributed by atoms with van der Waals surface area (Å²) in [6.45, 7) is 0. The van der Waals surface area contributed by atoms with Crippen LogP contribution in [-0.4, -0.2) is 4.98 Å².